The molecule has 0 spiro atoms. The average Bonchev–Trinajstić information content (AvgIpc) is 3.47. The van der Waals surface area contributed by atoms with Crippen LogP contribution in [-0.2, 0) is 19.3 Å². The SMILES string of the molecule is CCc1cc(-c2cccc(CCc3c(O)c(OC)c(OCCCO)c4c(=O)cc(-c5ccc(O)cc5)oc34)c2)c[nH]1. The zero-order valence-electron chi connectivity index (χ0n) is 23.1. The topological polar surface area (TPSA) is 125 Å². The molecule has 0 bridgehead atoms. The quantitative estimate of drug-likeness (QED) is 0.148. The van der Waals surface area contributed by atoms with Crippen LogP contribution in [0.5, 0.6) is 23.0 Å². The Labute approximate surface area is 237 Å². The molecule has 2 heterocycles. The lowest BCUT2D eigenvalue weighted by molar-refractivity contribution is 0.228. The van der Waals surface area contributed by atoms with Gasteiger partial charge in [0.25, 0.3) is 0 Å². The first-order valence-corrected chi connectivity index (χ1v) is 13.6. The van der Waals surface area contributed by atoms with Gasteiger partial charge in [-0.15, -0.1) is 0 Å². The fourth-order valence-corrected chi connectivity index (χ4v) is 4.94. The van der Waals surface area contributed by atoms with Crippen molar-refractivity contribution in [3.05, 3.63) is 93.9 Å². The molecule has 0 amide bonds. The molecule has 5 aromatic rings. The second-order valence-corrected chi connectivity index (χ2v) is 9.81. The lowest BCUT2D eigenvalue weighted by atomic mass is 9.97. The first-order chi connectivity index (χ1) is 19.9. The third-order valence-electron chi connectivity index (χ3n) is 7.11. The number of aryl methyl sites for hydroxylation is 3. The van der Waals surface area contributed by atoms with Gasteiger partial charge >= 0.3 is 0 Å². The van der Waals surface area contributed by atoms with Gasteiger partial charge in [0.2, 0.25) is 5.75 Å². The molecule has 2 aromatic heterocycles. The smallest absolute Gasteiger partial charge is 0.204 e. The minimum atomic E-state index is -0.367. The summed E-state index contributed by atoms with van der Waals surface area (Å²) >= 11 is 0. The number of nitrogens with one attached hydrogen (secondary N) is 1. The van der Waals surface area contributed by atoms with E-state index in [2.05, 4.69) is 30.1 Å². The maximum Gasteiger partial charge on any atom is 0.204 e. The van der Waals surface area contributed by atoms with E-state index >= 15 is 0 Å². The van der Waals surface area contributed by atoms with E-state index in [1.807, 2.05) is 18.3 Å². The number of hydrogen-bond acceptors (Lipinski definition) is 7. The Morgan fingerprint density at radius 2 is 1.73 bits per heavy atom. The van der Waals surface area contributed by atoms with Crippen LogP contribution in [0.4, 0.5) is 0 Å². The molecule has 8 nitrogen and oxygen atoms in total. The van der Waals surface area contributed by atoms with Crippen molar-refractivity contribution in [2.24, 2.45) is 0 Å². The molecular weight excluding hydrogens is 522 g/mol. The van der Waals surface area contributed by atoms with E-state index in [1.54, 1.807) is 12.1 Å². The number of fused-ring (bicyclic) bond motifs is 1. The van der Waals surface area contributed by atoms with Crippen molar-refractivity contribution < 1.29 is 29.2 Å². The van der Waals surface area contributed by atoms with Crippen molar-refractivity contribution in [1.29, 1.82) is 0 Å². The Bertz CT molecular complexity index is 1720. The molecule has 0 saturated carbocycles. The van der Waals surface area contributed by atoms with E-state index < -0.39 is 0 Å². The molecule has 0 radical (unpaired) electrons. The molecule has 212 valence electrons. The summed E-state index contributed by atoms with van der Waals surface area (Å²) in [6.07, 6.45) is 4.17. The fraction of sp³-hybridized carbons (Fsp3) is 0.242. The standard InChI is InChI=1S/C33H33NO7/c1-3-24-17-23(19-34-24)22-7-4-6-20(16-22)8-13-26-30(38)33(39-2)32(40-15-5-14-35)29-27(37)18-28(41-31(26)29)21-9-11-25(36)12-10-21/h4,6-7,9-12,16-19,34-36,38H,3,5,8,13-15H2,1-2H3. The Kier molecular flexibility index (Phi) is 8.31. The van der Waals surface area contributed by atoms with E-state index in [-0.39, 0.29) is 58.4 Å². The van der Waals surface area contributed by atoms with Crippen molar-refractivity contribution in [3.8, 4) is 45.4 Å². The molecule has 3 aromatic carbocycles. The number of aromatic amines is 1. The highest BCUT2D eigenvalue weighted by molar-refractivity contribution is 5.93. The number of phenols is 2. The van der Waals surface area contributed by atoms with Crippen LogP contribution in [-0.4, -0.2) is 40.6 Å². The molecule has 0 aliphatic heterocycles. The van der Waals surface area contributed by atoms with Gasteiger partial charge in [0.15, 0.2) is 16.9 Å². The van der Waals surface area contributed by atoms with E-state index in [0.717, 1.165) is 28.8 Å². The van der Waals surface area contributed by atoms with E-state index in [4.69, 9.17) is 13.9 Å². The Hall–Kier alpha value is -4.69. The average molecular weight is 556 g/mol. The molecule has 0 aliphatic rings. The summed E-state index contributed by atoms with van der Waals surface area (Å²) in [6, 6.07) is 18.0. The third kappa shape index (κ3) is 5.78. The van der Waals surface area contributed by atoms with E-state index in [9.17, 15) is 20.1 Å². The Balaban J connectivity index is 1.60. The maximum atomic E-state index is 13.5. The normalized spacial score (nSPS) is 11.2. The zero-order valence-corrected chi connectivity index (χ0v) is 23.1. The number of aromatic nitrogens is 1. The number of phenolic OH excluding ortho intramolecular Hbond substituents is 2. The van der Waals surface area contributed by atoms with Gasteiger partial charge in [-0.1, -0.05) is 31.2 Å². The molecule has 0 fully saturated rings. The molecule has 5 rings (SSSR count). The maximum absolute atomic E-state index is 13.5. The predicted molar refractivity (Wildman–Crippen MR) is 158 cm³/mol. The fourth-order valence-electron chi connectivity index (χ4n) is 4.94. The molecule has 0 saturated heterocycles. The van der Waals surface area contributed by atoms with Gasteiger partial charge in [0.05, 0.1) is 13.7 Å². The molecule has 0 aliphatic carbocycles. The van der Waals surface area contributed by atoms with Gasteiger partial charge in [-0.2, -0.15) is 0 Å². The van der Waals surface area contributed by atoms with Crippen molar-refractivity contribution in [2.45, 2.75) is 32.6 Å². The highest BCUT2D eigenvalue weighted by Crippen LogP contribution is 2.46. The zero-order chi connectivity index (χ0) is 28.9. The summed E-state index contributed by atoms with van der Waals surface area (Å²) in [5, 5.41) is 30.5. The molecule has 4 N–H and O–H groups in total. The van der Waals surface area contributed by atoms with Crippen molar-refractivity contribution in [1.82, 2.24) is 4.98 Å². The molecule has 0 atom stereocenters. The van der Waals surface area contributed by atoms with Crippen molar-refractivity contribution in [3.63, 3.8) is 0 Å². The van der Waals surface area contributed by atoms with Gasteiger partial charge in [0, 0.05) is 42.1 Å². The number of aromatic hydroxyl groups is 2. The molecular formula is C33H33NO7. The number of benzene rings is 3. The second kappa shape index (κ2) is 12.2. The Morgan fingerprint density at radius 1 is 0.927 bits per heavy atom. The second-order valence-electron chi connectivity index (χ2n) is 9.81. The van der Waals surface area contributed by atoms with Crippen LogP contribution in [0.15, 0.2) is 76.1 Å². The highest BCUT2D eigenvalue weighted by Gasteiger charge is 2.26. The largest absolute Gasteiger partial charge is 0.508 e. The number of methoxy groups -OCH3 is 1. The first-order valence-electron chi connectivity index (χ1n) is 13.6. The summed E-state index contributed by atoms with van der Waals surface area (Å²) in [5.41, 5.74) is 5.25. The lowest BCUT2D eigenvalue weighted by Crippen LogP contribution is -2.10. The van der Waals surface area contributed by atoms with Crippen LogP contribution in [0.25, 0.3) is 33.4 Å². The number of hydrogen-bond donors (Lipinski definition) is 4. The van der Waals surface area contributed by atoms with Crippen LogP contribution in [0.3, 0.4) is 0 Å². The lowest BCUT2D eigenvalue weighted by Gasteiger charge is -2.18. The summed E-state index contributed by atoms with van der Waals surface area (Å²) in [7, 11) is 1.40. The Morgan fingerprint density at radius 3 is 2.44 bits per heavy atom. The number of aliphatic hydroxyl groups is 1. The molecule has 41 heavy (non-hydrogen) atoms. The summed E-state index contributed by atoms with van der Waals surface area (Å²) in [4.78, 5) is 16.8. The van der Waals surface area contributed by atoms with Gasteiger partial charge in [0.1, 0.15) is 22.5 Å². The molecule has 8 heteroatoms. The first kappa shape index (κ1) is 27.9. The number of ether oxygens (including phenoxy) is 2. The van der Waals surface area contributed by atoms with Crippen LogP contribution in [0.2, 0.25) is 0 Å². The highest BCUT2D eigenvalue weighted by atomic mass is 16.5. The van der Waals surface area contributed by atoms with E-state index in [0.29, 0.717) is 30.4 Å². The minimum absolute atomic E-state index is 0.0447. The van der Waals surface area contributed by atoms with Gasteiger partial charge in [-0.05, 0) is 66.3 Å². The predicted octanol–water partition coefficient (Wildman–Crippen LogP) is 5.98. The minimum Gasteiger partial charge on any atom is -0.508 e. The van der Waals surface area contributed by atoms with Gasteiger partial charge in [-0.25, -0.2) is 0 Å². The summed E-state index contributed by atoms with van der Waals surface area (Å²) < 4.78 is 17.7. The summed E-state index contributed by atoms with van der Waals surface area (Å²) in [5.74, 6) is 0.329. The van der Waals surface area contributed by atoms with Crippen LogP contribution in [0.1, 0.15) is 30.2 Å². The number of rotatable bonds is 11. The number of aliphatic hydroxyl groups excluding tert-OH is 1. The van der Waals surface area contributed by atoms with Crippen LogP contribution in [0, 0.1) is 0 Å². The van der Waals surface area contributed by atoms with Crippen molar-refractivity contribution in [2.75, 3.05) is 20.3 Å². The monoisotopic (exact) mass is 555 g/mol. The van der Waals surface area contributed by atoms with Crippen LogP contribution < -0.4 is 14.9 Å². The number of H-pyrrole nitrogens is 1. The van der Waals surface area contributed by atoms with Gasteiger partial charge < -0.3 is 34.2 Å². The van der Waals surface area contributed by atoms with Gasteiger partial charge in [-0.3, -0.25) is 4.79 Å². The van der Waals surface area contributed by atoms with Crippen LogP contribution >= 0.6 is 0 Å². The third-order valence-corrected chi connectivity index (χ3v) is 7.11. The van der Waals surface area contributed by atoms with E-state index in [1.165, 1.54) is 25.3 Å². The molecule has 0 unspecified atom stereocenters. The van der Waals surface area contributed by atoms with Crippen molar-refractivity contribution >= 4 is 11.0 Å². The summed E-state index contributed by atoms with van der Waals surface area (Å²) in [6.45, 7) is 2.13.